The van der Waals surface area contributed by atoms with Gasteiger partial charge in [-0.1, -0.05) is 77.5 Å². The highest BCUT2D eigenvalue weighted by Gasteiger charge is 2.68. The number of carbonyl (C=O) groups excluding carboxylic acids is 1. The van der Waals surface area contributed by atoms with Crippen LogP contribution in [0, 0.1) is 52.3 Å². The summed E-state index contributed by atoms with van der Waals surface area (Å²) in [6.45, 7) is 17.3. The average Bonchev–Trinajstić information content (AvgIpc) is 3.44. The molecule has 44 heavy (non-hydrogen) atoms. The summed E-state index contributed by atoms with van der Waals surface area (Å²) in [5, 5.41) is 0. The second kappa shape index (κ2) is 11.3. The molecule has 4 nitrogen and oxygen atoms in total. The molecule has 0 aromatic heterocycles. The molecule has 242 valence electrons. The van der Waals surface area contributed by atoms with Crippen molar-refractivity contribution < 1.29 is 19.0 Å². The lowest BCUT2D eigenvalue weighted by molar-refractivity contribution is -0.272. The average molecular weight is 603 g/mol. The lowest BCUT2D eigenvalue weighted by Crippen LogP contribution is -2.52. The van der Waals surface area contributed by atoms with E-state index in [0.29, 0.717) is 35.2 Å². The summed E-state index contributed by atoms with van der Waals surface area (Å²) in [6.07, 6.45) is 14.4. The maximum absolute atomic E-state index is 13.3. The number of hydrogen-bond acceptors (Lipinski definition) is 4. The van der Waals surface area contributed by atoms with E-state index in [4.69, 9.17) is 14.2 Å². The molecular formula is C40H58O4. The van der Waals surface area contributed by atoms with Crippen molar-refractivity contribution in [1.82, 2.24) is 0 Å². The Bertz CT molecular complexity index is 1260. The predicted octanol–water partition coefficient (Wildman–Crippen LogP) is 9.27. The van der Waals surface area contributed by atoms with E-state index in [1.165, 1.54) is 37.7 Å². The molecule has 3 saturated carbocycles. The smallest absolute Gasteiger partial charge is 0.313 e. The summed E-state index contributed by atoms with van der Waals surface area (Å²) >= 11 is 0. The lowest BCUT2D eigenvalue weighted by Gasteiger charge is -2.58. The SMILES string of the molecule is CC(C)Cc1ccc(C(C)C(=O)O[C@H]2CC[C@@]3(C)C(=CCC4C5CC6OC7(CC[C@@H](C)CO7)[C@@H](C)C6[C@@]5(C)CCC43)C2)cc1. The maximum atomic E-state index is 13.3. The second-order valence-corrected chi connectivity index (χ2v) is 17.1. The van der Waals surface area contributed by atoms with Crippen molar-refractivity contribution >= 4 is 5.97 Å². The Morgan fingerprint density at radius 1 is 1.00 bits per heavy atom. The molecule has 1 spiro atoms. The molecule has 12 atom stereocenters. The van der Waals surface area contributed by atoms with E-state index in [1.807, 2.05) is 6.92 Å². The van der Waals surface area contributed by atoms with Crippen LogP contribution in [0.1, 0.15) is 123 Å². The van der Waals surface area contributed by atoms with Crippen molar-refractivity contribution in [2.75, 3.05) is 6.61 Å². The topological polar surface area (TPSA) is 44.8 Å². The molecular weight excluding hydrogens is 544 g/mol. The first kappa shape index (κ1) is 31.0. The van der Waals surface area contributed by atoms with E-state index in [1.54, 1.807) is 5.57 Å². The standard InChI is InChI=1S/C40H58O4/c1-24(2)20-28-8-10-29(11-9-28)26(4)37(41)43-31-15-17-38(6)30(21-31)12-13-32-33(38)16-18-39(7)34(32)22-35-36(39)27(5)40(44-35)19-14-25(3)23-42-40/h8-12,24-27,31-36H,13-23H2,1-7H3/t25-,26?,27+,31+,32?,33?,34?,35?,36?,38+,39+,40?/m1/s1. The maximum Gasteiger partial charge on any atom is 0.313 e. The molecule has 2 aliphatic heterocycles. The Morgan fingerprint density at radius 3 is 2.48 bits per heavy atom. The van der Waals surface area contributed by atoms with Gasteiger partial charge in [0.25, 0.3) is 0 Å². The van der Waals surface area contributed by atoms with Gasteiger partial charge in [0.05, 0.1) is 18.6 Å². The minimum absolute atomic E-state index is 0.00406. The van der Waals surface area contributed by atoms with E-state index < -0.39 is 0 Å². The molecule has 1 aromatic carbocycles. The molecule has 0 amide bonds. The van der Waals surface area contributed by atoms with Crippen molar-refractivity contribution in [3.63, 3.8) is 0 Å². The number of hydrogen-bond donors (Lipinski definition) is 0. The molecule has 0 N–H and O–H groups in total. The number of allylic oxidation sites excluding steroid dienone is 1. The fourth-order valence-electron chi connectivity index (χ4n) is 11.6. The first-order valence-corrected chi connectivity index (χ1v) is 18.2. The molecule has 2 saturated heterocycles. The van der Waals surface area contributed by atoms with Crippen LogP contribution in [0.25, 0.3) is 0 Å². The number of ether oxygens (including phenoxy) is 3. The normalized spacial score (nSPS) is 45.2. The Labute approximate surface area is 267 Å². The van der Waals surface area contributed by atoms with E-state index >= 15 is 0 Å². The van der Waals surface area contributed by atoms with Crippen molar-refractivity contribution in [1.29, 1.82) is 0 Å². The van der Waals surface area contributed by atoms with Crippen LogP contribution in [0.2, 0.25) is 0 Å². The summed E-state index contributed by atoms with van der Waals surface area (Å²) in [5.41, 5.74) is 4.55. The lowest BCUT2D eigenvalue weighted by atomic mass is 9.47. The van der Waals surface area contributed by atoms with Gasteiger partial charge in [-0.25, -0.2) is 0 Å². The van der Waals surface area contributed by atoms with Gasteiger partial charge in [0.2, 0.25) is 0 Å². The molecule has 7 rings (SSSR count). The number of carbonyl (C=O) groups is 1. The van der Waals surface area contributed by atoms with Crippen LogP contribution in [0.4, 0.5) is 0 Å². The third-order valence-electron chi connectivity index (χ3n) is 14.1. The third kappa shape index (κ3) is 4.95. The molecule has 7 unspecified atom stereocenters. The first-order chi connectivity index (χ1) is 20.9. The highest BCUT2D eigenvalue weighted by atomic mass is 16.7. The zero-order valence-corrected chi connectivity index (χ0v) is 28.6. The largest absolute Gasteiger partial charge is 0.462 e. The summed E-state index contributed by atoms with van der Waals surface area (Å²) in [7, 11) is 0. The zero-order valence-electron chi connectivity index (χ0n) is 28.6. The van der Waals surface area contributed by atoms with Crippen molar-refractivity contribution in [3.8, 4) is 0 Å². The summed E-state index contributed by atoms with van der Waals surface area (Å²) in [5.74, 6) is 3.94. The number of fused-ring (bicyclic) bond motifs is 7. The predicted molar refractivity (Wildman–Crippen MR) is 175 cm³/mol. The minimum atomic E-state index is -0.331. The second-order valence-electron chi connectivity index (χ2n) is 17.1. The molecule has 2 heterocycles. The van der Waals surface area contributed by atoms with E-state index in [9.17, 15) is 4.79 Å². The van der Waals surface area contributed by atoms with Crippen LogP contribution in [-0.4, -0.2) is 30.6 Å². The quantitative estimate of drug-likeness (QED) is 0.249. The van der Waals surface area contributed by atoms with Gasteiger partial charge in [0.1, 0.15) is 6.10 Å². The molecule has 0 bridgehead atoms. The van der Waals surface area contributed by atoms with Crippen LogP contribution >= 0.6 is 0 Å². The summed E-state index contributed by atoms with van der Waals surface area (Å²) < 4.78 is 19.7. The minimum Gasteiger partial charge on any atom is -0.462 e. The highest BCUT2D eigenvalue weighted by Crippen LogP contribution is 2.70. The molecule has 6 aliphatic rings. The Kier molecular flexibility index (Phi) is 7.92. The molecule has 4 aliphatic carbocycles. The van der Waals surface area contributed by atoms with Crippen LogP contribution in [-0.2, 0) is 25.4 Å². The van der Waals surface area contributed by atoms with Gasteiger partial charge in [-0.3, -0.25) is 4.79 Å². The molecule has 5 fully saturated rings. The van der Waals surface area contributed by atoms with Crippen molar-refractivity contribution in [2.24, 2.45) is 52.3 Å². The highest BCUT2D eigenvalue weighted by molar-refractivity contribution is 5.77. The van der Waals surface area contributed by atoms with E-state index in [-0.39, 0.29) is 29.2 Å². The third-order valence-corrected chi connectivity index (χ3v) is 14.1. The van der Waals surface area contributed by atoms with E-state index in [0.717, 1.165) is 62.0 Å². The Morgan fingerprint density at radius 2 is 1.77 bits per heavy atom. The van der Waals surface area contributed by atoms with Gasteiger partial charge < -0.3 is 14.2 Å². The van der Waals surface area contributed by atoms with E-state index in [2.05, 4.69) is 71.9 Å². The fraction of sp³-hybridized carbons (Fsp3) is 0.775. The van der Waals surface area contributed by atoms with Gasteiger partial charge >= 0.3 is 5.97 Å². The zero-order chi connectivity index (χ0) is 31.0. The van der Waals surface area contributed by atoms with Gasteiger partial charge in [-0.05, 0) is 116 Å². The number of rotatable bonds is 5. The van der Waals surface area contributed by atoms with Crippen LogP contribution in [0.3, 0.4) is 0 Å². The Balaban J connectivity index is 1.01. The Hall–Kier alpha value is -1.65. The summed E-state index contributed by atoms with van der Waals surface area (Å²) in [6, 6.07) is 8.59. The van der Waals surface area contributed by atoms with Gasteiger partial charge in [0, 0.05) is 18.8 Å². The van der Waals surface area contributed by atoms with Gasteiger partial charge in [0.15, 0.2) is 5.79 Å². The fourth-order valence-corrected chi connectivity index (χ4v) is 11.6. The van der Waals surface area contributed by atoms with Gasteiger partial charge in [-0.15, -0.1) is 0 Å². The first-order valence-electron chi connectivity index (χ1n) is 18.2. The molecule has 4 heteroatoms. The monoisotopic (exact) mass is 602 g/mol. The summed E-state index contributed by atoms with van der Waals surface area (Å²) in [4.78, 5) is 13.3. The van der Waals surface area contributed by atoms with Crippen LogP contribution in [0.5, 0.6) is 0 Å². The molecule has 1 aromatic rings. The number of esters is 1. The number of benzene rings is 1. The van der Waals surface area contributed by atoms with Crippen molar-refractivity contribution in [2.45, 2.75) is 137 Å². The van der Waals surface area contributed by atoms with Crippen LogP contribution in [0.15, 0.2) is 35.9 Å². The van der Waals surface area contributed by atoms with Crippen LogP contribution < -0.4 is 0 Å². The van der Waals surface area contributed by atoms with Gasteiger partial charge in [-0.2, -0.15) is 0 Å². The molecule has 0 radical (unpaired) electrons. The van der Waals surface area contributed by atoms with Crippen molar-refractivity contribution in [3.05, 3.63) is 47.0 Å².